The fourth-order valence-corrected chi connectivity index (χ4v) is 2.55. The van der Waals surface area contributed by atoms with Crippen LogP contribution in [0.3, 0.4) is 0 Å². The lowest BCUT2D eigenvalue weighted by molar-refractivity contribution is 0.688. The molecule has 1 N–H and O–H groups in total. The summed E-state index contributed by atoms with van der Waals surface area (Å²) in [5.74, 6) is 0. The number of hydrogen-bond donors (Lipinski definition) is 1. The average molecular weight is 263 g/mol. The molecule has 1 aromatic rings. The molecule has 2 rings (SSSR count). The Labute approximate surface area is 114 Å². The molecule has 1 unspecified atom stereocenters. The number of anilines is 1. The van der Waals surface area contributed by atoms with Crippen LogP contribution in [0.2, 0.25) is 5.02 Å². The van der Waals surface area contributed by atoms with Gasteiger partial charge in [0.1, 0.15) is 0 Å². The summed E-state index contributed by atoms with van der Waals surface area (Å²) >= 11 is 6.04. The highest BCUT2D eigenvalue weighted by molar-refractivity contribution is 6.30. The van der Waals surface area contributed by atoms with Crippen LogP contribution in [0.1, 0.15) is 19.4 Å². The van der Waals surface area contributed by atoms with Crippen LogP contribution in [0, 0.1) is 0 Å². The Kier molecular flexibility index (Phi) is 3.97. The smallest absolute Gasteiger partial charge is 0.0577 e. The summed E-state index contributed by atoms with van der Waals surface area (Å²) in [7, 11) is 0. The predicted octanol–water partition coefficient (Wildman–Crippen LogP) is 3.73. The highest BCUT2D eigenvalue weighted by Gasteiger charge is 2.26. The summed E-state index contributed by atoms with van der Waals surface area (Å²) in [5, 5.41) is 3.99. The molecule has 1 aliphatic rings. The molecule has 3 heteroatoms. The summed E-state index contributed by atoms with van der Waals surface area (Å²) in [5.41, 5.74) is 3.60. The van der Waals surface area contributed by atoms with Crippen LogP contribution < -0.4 is 10.2 Å². The molecule has 1 aliphatic heterocycles. The Balaban J connectivity index is 2.13. The van der Waals surface area contributed by atoms with E-state index >= 15 is 0 Å². The maximum Gasteiger partial charge on any atom is 0.0577 e. The molecular weight excluding hydrogens is 244 g/mol. The highest BCUT2D eigenvalue weighted by Crippen LogP contribution is 2.34. The van der Waals surface area contributed by atoms with Crippen molar-refractivity contribution in [3.05, 3.63) is 53.3 Å². The number of hydrogen-bond acceptors (Lipinski definition) is 2. The van der Waals surface area contributed by atoms with Gasteiger partial charge >= 0.3 is 0 Å². The van der Waals surface area contributed by atoms with Crippen LogP contribution in [-0.2, 0) is 6.42 Å². The first-order valence-electron chi connectivity index (χ1n) is 6.22. The topological polar surface area (TPSA) is 15.3 Å². The molecule has 1 atom stereocenters. The second kappa shape index (κ2) is 5.49. The minimum atomic E-state index is 0.489. The van der Waals surface area contributed by atoms with Gasteiger partial charge in [-0.25, -0.2) is 0 Å². The molecule has 1 heterocycles. The largest absolute Gasteiger partial charge is 0.364 e. The lowest BCUT2D eigenvalue weighted by Gasteiger charge is -2.25. The lowest BCUT2D eigenvalue weighted by Crippen LogP contribution is -2.33. The minimum absolute atomic E-state index is 0.489. The average Bonchev–Trinajstić information content (AvgIpc) is 2.62. The quantitative estimate of drug-likeness (QED) is 0.890. The van der Waals surface area contributed by atoms with Crippen LogP contribution in [0.25, 0.3) is 0 Å². The number of nitrogens with zero attached hydrogens (tertiary/aromatic N) is 1. The zero-order chi connectivity index (χ0) is 13.1. The fraction of sp³-hybridized carbons (Fsp3) is 0.333. The van der Waals surface area contributed by atoms with Crippen molar-refractivity contribution in [2.45, 2.75) is 26.3 Å². The molecule has 0 aromatic heterocycles. The molecule has 1 aromatic carbocycles. The Hall–Kier alpha value is -1.41. The van der Waals surface area contributed by atoms with Gasteiger partial charge in [-0.05, 0) is 50.2 Å². The molecule has 0 radical (unpaired) electrons. The SMILES string of the molecule is C=C(CN1c2ccc(Cl)cc2CC1C)N/C=C\C. The van der Waals surface area contributed by atoms with Gasteiger partial charge in [0.15, 0.2) is 0 Å². The van der Waals surface area contributed by atoms with E-state index in [9.17, 15) is 0 Å². The van der Waals surface area contributed by atoms with Crippen molar-refractivity contribution < 1.29 is 0 Å². The van der Waals surface area contributed by atoms with Crippen molar-refractivity contribution in [3.63, 3.8) is 0 Å². The van der Waals surface area contributed by atoms with E-state index in [1.54, 1.807) is 0 Å². The van der Waals surface area contributed by atoms with Crippen molar-refractivity contribution >= 4 is 17.3 Å². The van der Waals surface area contributed by atoms with Crippen LogP contribution in [0.5, 0.6) is 0 Å². The number of allylic oxidation sites excluding steroid dienone is 1. The maximum absolute atomic E-state index is 6.04. The predicted molar refractivity (Wildman–Crippen MR) is 79.1 cm³/mol. The molecule has 2 nitrogen and oxygen atoms in total. The van der Waals surface area contributed by atoms with Gasteiger partial charge in [-0.1, -0.05) is 24.3 Å². The van der Waals surface area contributed by atoms with E-state index in [0.717, 1.165) is 23.7 Å². The van der Waals surface area contributed by atoms with Crippen molar-refractivity contribution in [2.24, 2.45) is 0 Å². The summed E-state index contributed by atoms with van der Waals surface area (Å²) in [6.45, 7) is 9.09. The highest BCUT2D eigenvalue weighted by atomic mass is 35.5. The van der Waals surface area contributed by atoms with Crippen LogP contribution >= 0.6 is 11.6 Å². The third kappa shape index (κ3) is 2.70. The second-order valence-electron chi connectivity index (χ2n) is 4.70. The Morgan fingerprint density at radius 3 is 3.11 bits per heavy atom. The molecule has 0 amide bonds. The van der Waals surface area contributed by atoms with Crippen LogP contribution in [0.4, 0.5) is 5.69 Å². The normalized spacial score (nSPS) is 18.2. The molecule has 0 fully saturated rings. The zero-order valence-corrected chi connectivity index (χ0v) is 11.7. The van der Waals surface area contributed by atoms with Gasteiger partial charge in [-0.2, -0.15) is 0 Å². The third-order valence-electron chi connectivity index (χ3n) is 3.21. The van der Waals surface area contributed by atoms with Crippen molar-refractivity contribution in [3.8, 4) is 0 Å². The van der Waals surface area contributed by atoms with Crippen molar-refractivity contribution in [2.75, 3.05) is 11.4 Å². The monoisotopic (exact) mass is 262 g/mol. The Morgan fingerprint density at radius 2 is 2.39 bits per heavy atom. The number of benzene rings is 1. The second-order valence-corrected chi connectivity index (χ2v) is 5.14. The van der Waals surface area contributed by atoms with Gasteiger partial charge in [0.2, 0.25) is 0 Å². The summed E-state index contributed by atoms with van der Waals surface area (Å²) in [6, 6.07) is 6.61. The lowest BCUT2D eigenvalue weighted by atomic mass is 10.1. The standard InChI is InChI=1S/C15H19ClN2/c1-4-7-17-11(2)10-18-12(3)8-13-9-14(16)5-6-15(13)18/h4-7,9,12,17H,2,8,10H2,1,3H3/b7-4-. The number of halogens is 1. The van der Waals surface area contributed by atoms with E-state index in [2.05, 4.69) is 35.9 Å². The van der Waals surface area contributed by atoms with E-state index in [0.29, 0.717) is 6.04 Å². The zero-order valence-electron chi connectivity index (χ0n) is 10.9. The van der Waals surface area contributed by atoms with Gasteiger partial charge < -0.3 is 10.2 Å². The van der Waals surface area contributed by atoms with E-state index in [4.69, 9.17) is 11.6 Å². The first-order chi connectivity index (χ1) is 8.61. The van der Waals surface area contributed by atoms with Gasteiger partial charge in [0.05, 0.1) is 6.54 Å². The molecule has 0 bridgehead atoms. The van der Waals surface area contributed by atoms with E-state index in [-0.39, 0.29) is 0 Å². The van der Waals surface area contributed by atoms with Gasteiger partial charge in [-0.15, -0.1) is 0 Å². The third-order valence-corrected chi connectivity index (χ3v) is 3.45. The fourth-order valence-electron chi connectivity index (χ4n) is 2.36. The minimum Gasteiger partial charge on any atom is -0.364 e. The van der Waals surface area contributed by atoms with E-state index in [1.807, 2.05) is 25.3 Å². The Morgan fingerprint density at radius 1 is 1.61 bits per heavy atom. The number of nitrogens with one attached hydrogen (secondary N) is 1. The van der Waals surface area contributed by atoms with E-state index in [1.165, 1.54) is 11.3 Å². The first kappa shape index (κ1) is 13.0. The molecule has 0 saturated carbocycles. The molecular formula is C15H19ClN2. The molecule has 0 spiro atoms. The van der Waals surface area contributed by atoms with E-state index < -0.39 is 0 Å². The van der Waals surface area contributed by atoms with Gasteiger partial charge in [0, 0.05) is 22.4 Å². The molecule has 96 valence electrons. The first-order valence-corrected chi connectivity index (χ1v) is 6.60. The molecule has 18 heavy (non-hydrogen) atoms. The van der Waals surface area contributed by atoms with Crippen LogP contribution in [-0.4, -0.2) is 12.6 Å². The summed E-state index contributed by atoms with van der Waals surface area (Å²) < 4.78 is 0. The Bertz CT molecular complexity index is 479. The number of fused-ring (bicyclic) bond motifs is 1. The van der Waals surface area contributed by atoms with Crippen molar-refractivity contribution in [1.29, 1.82) is 0 Å². The molecule has 0 aliphatic carbocycles. The summed E-state index contributed by atoms with van der Waals surface area (Å²) in [4.78, 5) is 2.37. The molecule has 0 saturated heterocycles. The van der Waals surface area contributed by atoms with Crippen molar-refractivity contribution in [1.82, 2.24) is 5.32 Å². The maximum atomic E-state index is 6.04. The number of rotatable bonds is 4. The van der Waals surface area contributed by atoms with Gasteiger partial charge in [0.25, 0.3) is 0 Å². The van der Waals surface area contributed by atoms with Gasteiger partial charge in [-0.3, -0.25) is 0 Å². The summed E-state index contributed by atoms with van der Waals surface area (Å²) in [6.07, 6.45) is 4.92. The van der Waals surface area contributed by atoms with Crippen LogP contribution in [0.15, 0.2) is 42.8 Å².